The number of rotatable bonds is 5. The van der Waals surface area contributed by atoms with Crippen molar-refractivity contribution in [2.24, 2.45) is 7.05 Å². The molecule has 0 fully saturated rings. The molecule has 0 saturated carbocycles. The first-order valence-electron chi connectivity index (χ1n) is 5.14. The fourth-order valence-corrected chi connectivity index (χ4v) is 1.41. The van der Waals surface area contributed by atoms with Gasteiger partial charge in [0.05, 0.1) is 0 Å². The second-order valence-corrected chi connectivity index (χ2v) is 3.81. The zero-order chi connectivity index (χ0) is 12.1. The predicted molar refractivity (Wildman–Crippen MR) is 59.2 cm³/mol. The Bertz CT molecular complexity index is 384. The van der Waals surface area contributed by atoms with E-state index in [9.17, 15) is 9.59 Å². The summed E-state index contributed by atoms with van der Waals surface area (Å²) in [5.41, 5.74) is 0.571. The van der Waals surface area contributed by atoms with E-state index in [2.05, 4.69) is 5.32 Å². The zero-order valence-corrected chi connectivity index (χ0v) is 9.43. The highest BCUT2D eigenvalue weighted by Crippen LogP contribution is 2.02. The number of aryl methyl sites for hydroxylation is 1. The molecule has 16 heavy (non-hydrogen) atoms. The van der Waals surface area contributed by atoms with Gasteiger partial charge in [-0.2, -0.15) is 0 Å². The monoisotopic (exact) mass is 224 g/mol. The molecule has 1 aromatic rings. The number of hydrogen-bond donors (Lipinski definition) is 2. The van der Waals surface area contributed by atoms with Gasteiger partial charge in [-0.05, 0) is 25.5 Å². The summed E-state index contributed by atoms with van der Waals surface area (Å²) in [7, 11) is 1.79. The fraction of sp³-hybridized carbons (Fsp3) is 0.455. The van der Waals surface area contributed by atoms with Crippen LogP contribution in [0.1, 0.15) is 30.3 Å². The quantitative estimate of drug-likeness (QED) is 0.784. The van der Waals surface area contributed by atoms with Crippen LogP contribution in [-0.2, 0) is 11.8 Å². The Labute approximate surface area is 94.1 Å². The van der Waals surface area contributed by atoms with Crippen LogP contribution in [0.5, 0.6) is 0 Å². The normalized spacial score (nSPS) is 12.1. The number of nitrogens with one attached hydrogen (secondary N) is 1. The smallest absolute Gasteiger partial charge is 0.303 e. The number of hydrogen-bond acceptors (Lipinski definition) is 2. The number of aliphatic carboxylic acids is 1. The number of amides is 1. The summed E-state index contributed by atoms with van der Waals surface area (Å²) in [6.07, 6.45) is 2.29. The Morgan fingerprint density at radius 3 is 2.75 bits per heavy atom. The van der Waals surface area contributed by atoms with Crippen molar-refractivity contribution in [2.75, 3.05) is 0 Å². The molecule has 0 radical (unpaired) electrons. The van der Waals surface area contributed by atoms with Crippen LogP contribution in [0.15, 0.2) is 18.3 Å². The number of nitrogens with zero attached hydrogens (tertiary/aromatic N) is 1. The maximum Gasteiger partial charge on any atom is 0.303 e. The van der Waals surface area contributed by atoms with Crippen LogP contribution in [0.3, 0.4) is 0 Å². The topological polar surface area (TPSA) is 71.3 Å². The molecule has 5 heteroatoms. The van der Waals surface area contributed by atoms with E-state index in [4.69, 9.17) is 5.11 Å². The lowest BCUT2D eigenvalue weighted by atomic mass is 10.2. The largest absolute Gasteiger partial charge is 0.481 e. The Hall–Kier alpha value is -1.78. The standard InChI is InChI=1S/C11H16N2O3/c1-8(5-6-10(14)15)12-11(16)9-4-3-7-13(9)2/h3-4,7-8H,5-6H2,1-2H3,(H,12,16)(H,14,15). The van der Waals surface area contributed by atoms with Gasteiger partial charge in [0.1, 0.15) is 5.69 Å². The van der Waals surface area contributed by atoms with E-state index in [-0.39, 0.29) is 18.4 Å². The first kappa shape index (κ1) is 12.3. The molecule has 0 aliphatic heterocycles. The molecule has 0 saturated heterocycles. The van der Waals surface area contributed by atoms with Gasteiger partial charge in [0.15, 0.2) is 0 Å². The summed E-state index contributed by atoms with van der Waals surface area (Å²) < 4.78 is 1.72. The lowest BCUT2D eigenvalue weighted by molar-refractivity contribution is -0.137. The molecule has 1 heterocycles. The summed E-state index contributed by atoms with van der Waals surface area (Å²) in [5, 5.41) is 11.3. The first-order chi connectivity index (χ1) is 7.50. The molecular formula is C11H16N2O3. The van der Waals surface area contributed by atoms with Gasteiger partial charge in [-0.25, -0.2) is 0 Å². The molecule has 0 aliphatic rings. The average Bonchev–Trinajstić information content (AvgIpc) is 2.61. The van der Waals surface area contributed by atoms with Gasteiger partial charge < -0.3 is 15.0 Å². The minimum Gasteiger partial charge on any atom is -0.481 e. The van der Waals surface area contributed by atoms with Gasteiger partial charge in [-0.3, -0.25) is 9.59 Å². The van der Waals surface area contributed by atoms with E-state index < -0.39 is 5.97 Å². The zero-order valence-electron chi connectivity index (χ0n) is 9.43. The summed E-state index contributed by atoms with van der Waals surface area (Å²) in [6.45, 7) is 1.80. The van der Waals surface area contributed by atoms with Crippen molar-refractivity contribution in [3.05, 3.63) is 24.0 Å². The molecule has 88 valence electrons. The van der Waals surface area contributed by atoms with Crippen LogP contribution in [0, 0.1) is 0 Å². The predicted octanol–water partition coefficient (Wildman–Crippen LogP) is 1.01. The number of carboxylic acid groups (broad SMARTS) is 1. The second-order valence-electron chi connectivity index (χ2n) is 3.81. The molecule has 1 aromatic heterocycles. The molecule has 1 unspecified atom stereocenters. The van der Waals surface area contributed by atoms with Crippen molar-refractivity contribution in [1.82, 2.24) is 9.88 Å². The third-order valence-corrected chi connectivity index (χ3v) is 2.35. The lowest BCUT2D eigenvalue weighted by Gasteiger charge is -2.12. The van der Waals surface area contributed by atoms with Gasteiger partial charge in [-0.1, -0.05) is 0 Å². The van der Waals surface area contributed by atoms with E-state index in [1.54, 1.807) is 36.9 Å². The third-order valence-electron chi connectivity index (χ3n) is 2.35. The van der Waals surface area contributed by atoms with Crippen LogP contribution in [-0.4, -0.2) is 27.6 Å². The van der Waals surface area contributed by atoms with Crippen LogP contribution in [0.25, 0.3) is 0 Å². The Morgan fingerprint density at radius 2 is 2.25 bits per heavy atom. The number of carbonyl (C=O) groups excluding carboxylic acids is 1. The van der Waals surface area contributed by atoms with Gasteiger partial charge in [0.25, 0.3) is 5.91 Å². The molecular weight excluding hydrogens is 208 g/mol. The second kappa shape index (κ2) is 5.34. The van der Waals surface area contributed by atoms with Crippen LogP contribution in [0.2, 0.25) is 0 Å². The molecule has 2 N–H and O–H groups in total. The van der Waals surface area contributed by atoms with Crippen LogP contribution >= 0.6 is 0 Å². The highest BCUT2D eigenvalue weighted by atomic mass is 16.4. The molecule has 1 amide bonds. The van der Waals surface area contributed by atoms with Crippen molar-refractivity contribution in [1.29, 1.82) is 0 Å². The SMILES string of the molecule is CC(CCC(=O)O)NC(=O)c1cccn1C. The molecule has 0 spiro atoms. The van der Waals surface area contributed by atoms with Crippen molar-refractivity contribution in [3.63, 3.8) is 0 Å². The minimum atomic E-state index is -0.847. The van der Waals surface area contributed by atoms with E-state index in [1.165, 1.54) is 0 Å². The van der Waals surface area contributed by atoms with Gasteiger partial charge in [0.2, 0.25) is 0 Å². The summed E-state index contributed by atoms with van der Waals surface area (Å²) in [5.74, 6) is -1.02. The van der Waals surface area contributed by atoms with E-state index in [1.807, 2.05) is 0 Å². The maximum absolute atomic E-state index is 11.7. The highest BCUT2D eigenvalue weighted by Gasteiger charge is 2.12. The summed E-state index contributed by atoms with van der Waals surface area (Å²) >= 11 is 0. The maximum atomic E-state index is 11.7. The fourth-order valence-electron chi connectivity index (χ4n) is 1.41. The Morgan fingerprint density at radius 1 is 1.56 bits per heavy atom. The molecule has 0 bridgehead atoms. The van der Waals surface area contributed by atoms with E-state index in [0.29, 0.717) is 12.1 Å². The number of carbonyl (C=O) groups is 2. The highest BCUT2D eigenvalue weighted by molar-refractivity contribution is 5.92. The van der Waals surface area contributed by atoms with Gasteiger partial charge >= 0.3 is 5.97 Å². The summed E-state index contributed by atoms with van der Waals surface area (Å²) in [4.78, 5) is 22.1. The number of carboxylic acids is 1. The lowest BCUT2D eigenvalue weighted by Crippen LogP contribution is -2.33. The van der Waals surface area contributed by atoms with Crippen LogP contribution in [0.4, 0.5) is 0 Å². The molecule has 0 aliphatic carbocycles. The first-order valence-corrected chi connectivity index (χ1v) is 5.14. The molecule has 0 aromatic carbocycles. The molecule has 1 atom stereocenters. The average molecular weight is 224 g/mol. The van der Waals surface area contributed by atoms with Crippen molar-refractivity contribution in [2.45, 2.75) is 25.8 Å². The molecule has 5 nitrogen and oxygen atoms in total. The Kier molecular flexibility index (Phi) is 4.10. The van der Waals surface area contributed by atoms with Gasteiger partial charge in [-0.15, -0.1) is 0 Å². The van der Waals surface area contributed by atoms with E-state index >= 15 is 0 Å². The van der Waals surface area contributed by atoms with Crippen molar-refractivity contribution < 1.29 is 14.7 Å². The summed E-state index contributed by atoms with van der Waals surface area (Å²) in [6, 6.07) is 3.37. The minimum absolute atomic E-state index is 0.0641. The third kappa shape index (κ3) is 3.42. The van der Waals surface area contributed by atoms with Crippen LogP contribution < -0.4 is 5.32 Å². The molecule has 1 rings (SSSR count). The Balaban J connectivity index is 2.46. The van der Waals surface area contributed by atoms with Gasteiger partial charge in [0, 0.05) is 25.7 Å². The van der Waals surface area contributed by atoms with Crippen molar-refractivity contribution in [3.8, 4) is 0 Å². The number of aromatic nitrogens is 1. The van der Waals surface area contributed by atoms with Crippen molar-refractivity contribution >= 4 is 11.9 Å². The van der Waals surface area contributed by atoms with E-state index in [0.717, 1.165) is 0 Å².